The van der Waals surface area contributed by atoms with Crippen LogP contribution in [0.3, 0.4) is 0 Å². The van der Waals surface area contributed by atoms with Gasteiger partial charge >= 0.3 is 6.03 Å². The van der Waals surface area contributed by atoms with Crippen LogP contribution >= 0.6 is 0 Å². The minimum absolute atomic E-state index is 0.109. The fourth-order valence-electron chi connectivity index (χ4n) is 5.05. The van der Waals surface area contributed by atoms with Crippen LogP contribution < -0.4 is 5.73 Å². The van der Waals surface area contributed by atoms with Gasteiger partial charge in [-0.05, 0) is 21.9 Å². The lowest BCUT2D eigenvalue weighted by molar-refractivity contribution is -0.167. The van der Waals surface area contributed by atoms with Crippen LogP contribution in [0.15, 0.2) is 72.8 Å². The van der Waals surface area contributed by atoms with Gasteiger partial charge in [0.1, 0.15) is 12.2 Å². The molecule has 2 N–H and O–H groups in total. The van der Waals surface area contributed by atoms with Crippen molar-refractivity contribution in [1.82, 2.24) is 14.7 Å². The van der Waals surface area contributed by atoms with E-state index < -0.39 is 18.2 Å². The smallest absolute Gasteiger partial charge is 0.316 e. The van der Waals surface area contributed by atoms with E-state index >= 15 is 0 Å². The van der Waals surface area contributed by atoms with Crippen LogP contribution in [0.25, 0.3) is 10.8 Å². The minimum Gasteiger partial charge on any atom is -0.351 e. The summed E-state index contributed by atoms with van der Waals surface area (Å²) in [4.78, 5) is 43.8. The molecular formula is C26H26N4O3. The second-order valence-corrected chi connectivity index (χ2v) is 8.63. The molecule has 0 aromatic heterocycles. The Morgan fingerprint density at radius 3 is 2.45 bits per heavy atom. The van der Waals surface area contributed by atoms with Gasteiger partial charge in [-0.3, -0.25) is 9.59 Å². The van der Waals surface area contributed by atoms with Gasteiger partial charge in [0.15, 0.2) is 0 Å². The summed E-state index contributed by atoms with van der Waals surface area (Å²) in [6.07, 6.45) is -0.00726. The molecule has 2 aliphatic rings. The van der Waals surface area contributed by atoms with Crippen molar-refractivity contribution < 1.29 is 14.4 Å². The fraction of sp³-hybridized carbons (Fsp3) is 0.269. The van der Waals surface area contributed by atoms with Crippen molar-refractivity contribution >= 4 is 28.6 Å². The van der Waals surface area contributed by atoms with Crippen LogP contribution in [0.4, 0.5) is 4.79 Å². The Morgan fingerprint density at radius 2 is 1.67 bits per heavy atom. The lowest BCUT2D eigenvalue weighted by Crippen LogP contribution is -2.72. The predicted molar refractivity (Wildman–Crippen MR) is 125 cm³/mol. The van der Waals surface area contributed by atoms with Crippen molar-refractivity contribution in [3.63, 3.8) is 0 Å². The summed E-state index contributed by atoms with van der Waals surface area (Å²) in [7, 11) is 0. The van der Waals surface area contributed by atoms with Crippen LogP contribution in [-0.4, -0.2) is 57.8 Å². The van der Waals surface area contributed by atoms with Crippen molar-refractivity contribution in [3.05, 3.63) is 83.9 Å². The van der Waals surface area contributed by atoms with Gasteiger partial charge < -0.3 is 20.4 Å². The molecule has 1 unspecified atom stereocenters. The Bertz CT molecular complexity index is 1210. The summed E-state index contributed by atoms with van der Waals surface area (Å²) in [5.74, 6) is -0.223. The molecule has 7 heteroatoms. The van der Waals surface area contributed by atoms with Gasteiger partial charge in [0.05, 0.1) is 6.54 Å². The molecule has 168 valence electrons. The molecule has 3 aromatic carbocycles. The predicted octanol–water partition coefficient (Wildman–Crippen LogP) is 2.73. The quantitative estimate of drug-likeness (QED) is 0.674. The van der Waals surface area contributed by atoms with E-state index in [1.54, 1.807) is 9.80 Å². The van der Waals surface area contributed by atoms with Crippen molar-refractivity contribution in [3.8, 4) is 0 Å². The summed E-state index contributed by atoms with van der Waals surface area (Å²) < 4.78 is 0. The number of amides is 4. The van der Waals surface area contributed by atoms with Crippen molar-refractivity contribution in [2.75, 3.05) is 13.1 Å². The van der Waals surface area contributed by atoms with Crippen LogP contribution in [0.1, 0.15) is 17.5 Å². The first kappa shape index (κ1) is 21.0. The SMILES string of the molecule is NC(=O)N1CCC(=O)N2C(Cc3ccccc3)C(=O)N(Cc3cccc4ccccc34)C[C@H]12. The highest BCUT2D eigenvalue weighted by Crippen LogP contribution is 2.29. The topological polar surface area (TPSA) is 87.0 Å². The average Bonchev–Trinajstić information content (AvgIpc) is 2.82. The first-order valence-corrected chi connectivity index (χ1v) is 11.2. The fourth-order valence-corrected chi connectivity index (χ4v) is 5.05. The number of nitrogens with zero attached hydrogens (tertiary/aromatic N) is 3. The lowest BCUT2D eigenvalue weighted by atomic mass is 9.96. The molecule has 2 atom stereocenters. The maximum Gasteiger partial charge on any atom is 0.316 e. The monoisotopic (exact) mass is 442 g/mol. The number of nitrogens with two attached hydrogens (primary N) is 1. The molecule has 0 spiro atoms. The summed E-state index contributed by atoms with van der Waals surface area (Å²) in [5, 5.41) is 2.19. The molecule has 2 heterocycles. The van der Waals surface area contributed by atoms with E-state index in [4.69, 9.17) is 5.73 Å². The summed E-state index contributed by atoms with van der Waals surface area (Å²) >= 11 is 0. The largest absolute Gasteiger partial charge is 0.351 e. The van der Waals surface area contributed by atoms with Crippen LogP contribution in [0, 0.1) is 0 Å². The number of primary amides is 1. The van der Waals surface area contributed by atoms with Crippen LogP contribution in [0.5, 0.6) is 0 Å². The third-order valence-electron chi connectivity index (χ3n) is 6.65. The zero-order chi connectivity index (χ0) is 22.9. The third kappa shape index (κ3) is 3.91. The van der Waals surface area contributed by atoms with Crippen LogP contribution in [0.2, 0.25) is 0 Å². The highest BCUT2D eigenvalue weighted by Gasteiger charge is 2.48. The number of benzene rings is 3. The zero-order valence-corrected chi connectivity index (χ0v) is 18.3. The first-order valence-electron chi connectivity index (χ1n) is 11.2. The van der Waals surface area contributed by atoms with Gasteiger partial charge in [-0.15, -0.1) is 0 Å². The van der Waals surface area contributed by atoms with Crippen molar-refractivity contribution in [1.29, 1.82) is 0 Å². The van der Waals surface area contributed by atoms with E-state index in [0.717, 1.165) is 21.9 Å². The van der Waals surface area contributed by atoms with Crippen molar-refractivity contribution in [2.24, 2.45) is 5.73 Å². The Labute approximate surface area is 192 Å². The van der Waals surface area contributed by atoms with Crippen LogP contribution in [-0.2, 0) is 22.6 Å². The first-order chi connectivity index (χ1) is 16.0. The number of carbonyl (C=O) groups excluding carboxylic acids is 3. The number of rotatable bonds is 4. The molecule has 33 heavy (non-hydrogen) atoms. The Morgan fingerprint density at radius 1 is 0.939 bits per heavy atom. The molecule has 2 aliphatic heterocycles. The Kier molecular flexibility index (Phi) is 5.46. The van der Waals surface area contributed by atoms with E-state index in [0.29, 0.717) is 13.0 Å². The van der Waals surface area contributed by atoms with Gasteiger partial charge in [0.2, 0.25) is 11.8 Å². The maximum absolute atomic E-state index is 13.7. The van der Waals surface area contributed by atoms with E-state index in [1.807, 2.05) is 72.8 Å². The molecular weight excluding hydrogens is 416 g/mol. The molecule has 5 rings (SSSR count). The summed E-state index contributed by atoms with van der Waals surface area (Å²) in [6.45, 7) is 0.905. The summed E-state index contributed by atoms with van der Waals surface area (Å²) in [6, 6.07) is 22.5. The Balaban J connectivity index is 1.52. The maximum atomic E-state index is 13.7. The molecule has 0 bridgehead atoms. The number of urea groups is 1. The molecule has 7 nitrogen and oxygen atoms in total. The molecule has 2 fully saturated rings. The molecule has 0 saturated carbocycles. The van der Waals surface area contributed by atoms with Gasteiger partial charge in [0.25, 0.3) is 0 Å². The molecule has 2 saturated heterocycles. The highest BCUT2D eigenvalue weighted by molar-refractivity contribution is 5.92. The standard InChI is InChI=1S/C26H26N4O3/c27-26(33)29-14-13-24(31)30-22(15-18-7-2-1-3-8-18)25(32)28(17-23(29)30)16-20-11-6-10-19-9-4-5-12-21(19)20/h1-12,22-23H,13-17H2,(H2,27,33)/t22?,23-/m1/s1. The molecule has 0 radical (unpaired) electrons. The van der Waals surface area contributed by atoms with Gasteiger partial charge in [0, 0.05) is 25.9 Å². The molecule has 0 aliphatic carbocycles. The second kappa shape index (κ2) is 8.58. The number of fused-ring (bicyclic) bond motifs is 2. The normalized spacial score (nSPS) is 20.8. The highest BCUT2D eigenvalue weighted by atomic mass is 16.2. The van der Waals surface area contributed by atoms with Gasteiger partial charge in [-0.2, -0.15) is 0 Å². The number of hydrogen-bond donors (Lipinski definition) is 1. The number of piperazine rings is 1. The van der Waals surface area contributed by atoms with Crippen molar-refractivity contribution in [2.45, 2.75) is 31.6 Å². The zero-order valence-electron chi connectivity index (χ0n) is 18.3. The van der Waals surface area contributed by atoms with Gasteiger partial charge in [-0.1, -0.05) is 72.8 Å². The third-order valence-corrected chi connectivity index (χ3v) is 6.65. The van der Waals surface area contributed by atoms with E-state index in [1.165, 1.54) is 4.90 Å². The minimum atomic E-state index is -0.684. The molecule has 4 amide bonds. The van der Waals surface area contributed by atoms with E-state index in [-0.39, 0.29) is 31.3 Å². The molecule has 3 aromatic rings. The second-order valence-electron chi connectivity index (χ2n) is 8.63. The number of carbonyl (C=O) groups is 3. The van der Waals surface area contributed by atoms with E-state index in [9.17, 15) is 14.4 Å². The Hall–Kier alpha value is -3.87. The van der Waals surface area contributed by atoms with Gasteiger partial charge in [-0.25, -0.2) is 4.79 Å². The number of hydrogen-bond acceptors (Lipinski definition) is 3. The van der Waals surface area contributed by atoms with E-state index in [2.05, 4.69) is 0 Å². The summed E-state index contributed by atoms with van der Waals surface area (Å²) in [5.41, 5.74) is 7.66. The lowest BCUT2D eigenvalue weighted by Gasteiger charge is -2.52. The average molecular weight is 443 g/mol.